The third-order valence-electron chi connectivity index (χ3n) is 3.43. The van der Waals surface area contributed by atoms with Crippen LogP contribution < -0.4 is 10.6 Å². The molecule has 3 rings (SSSR count). The van der Waals surface area contributed by atoms with Crippen molar-refractivity contribution in [3.8, 4) is 0 Å². The normalized spacial score (nSPS) is 16.4. The standard InChI is InChI=1S/C14H15N5O2/c1-2-9-3-5-10(6-4-9)17-12(20)7-11-13(21)18-14-15-8-16-19(11)14/h3-6,8,11H,2,7H2,1H3,(H,17,20)(H,15,16,18,21)/t11-/m0/s1. The van der Waals surface area contributed by atoms with E-state index < -0.39 is 6.04 Å². The summed E-state index contributed by atoms with van der Waals surface area (Å²) in [6.45, 7) is 2.07. The molecule has 2 heterocycles. The highest BCUT2D eigenvalue weighted by molar-refractivity contribution is 6.00. The predicted octanol–water partition coefficient (Wildman–Crippen LogP) is 1.36. The molecule has 2 aromatic rings. The van der Waals surface area contributed by atoms with Crippen LogP contribution in [-0.4, -0.2) is 26.6 Å². The molecule has 0 spiro atoms. The smallest absolute Gasteiger partial charge is 0.252 e. The topological polar surface area (TPSA) is 88.9 Å². The number of anilines is 2. The summed E-state index contributed by atoms with van der Waals surface area (Å²) in [6, 6.07) is 7.00. The number of aryl methyl sites for hydroxylation is 1. The van der Waals surface area contributed by atoms with Crippen LogP contribution in [-0.2, 0) is 16.0 Å². The number of aromatic nitrogens is 3. The fraction of sp³-hybridized carbons (Fsp3) is 0.286. The Hall–Kier alpha value is -2.70. The van der Waals surface area contributed by atoms with Crippen molar-refractivity contribution >= 4 is 23.5 Å². The number of rotatable bonds is 4. The number of carbonyl (C=O) groups excluding carboxylic acids is 2. The molecule has 108 valence electrons. The molecule has 0 unspecified atom stereocenters. The molecule has 1 aromatic heterocycles. The first-order valence-corrected chi connectivity index (χ1v) is 6.76. The van der Waals surface area contributed by atoms with E-state index in [-0.39, 0.29) is 18.2 Å². The predicted molar refractivity (Wildman–Crippen MR) is 76.8 cm³/mol. The molecule has 1 aromatic carbocycles. The highest BCUT2D eigenvalue weighted by Gasteiger charge is 2.33. The second kappa shape index (κ2) is 5.35. The Balaban J connectivity index is 1.65. The van der Waals surface area contributed by atoms with Crippen LogP contribution in [0.3, 0.4) is 0 Å². The van der Waals surface area contributed by atoms with Gasteiger partial charge in [-0.05, 0) is 24.1 Å². The summed E-state index contributed by atoms with van der Waals surface area (Å²) in [5.41, 5.74) is 1.92. The van der Waals surface area contributed by atoms with Gasteiger partial charge in [-0.2, -0.15) is 10.1 Å². The number of amides is 2. The Morgan fingerprint density at radius 3 is 2.86 bits per heavy atom. The van der Waals surface area contributed by atoms with E-state index in [2.05, 4.69) is 27.6 Å². The van der Waals surface area contributed by atoms with Crippen molar-refractivity contribution in [3.63, 3.8) is 0 Å². The fourth-order valence-corrected chi connectivity index (χ4v) is 2.26. The maximum Gasteiger partial charge on any atom is 0.252 e. The Morgan fingerprint density at radius 1 is 1.38 bits per heavy atom. The molecular weight excluding hydrogens is 270 g/mol. The van der Waals surface area contributed by atoms with Crippen molar-refractivity contribution in [3.05, 3.63) is 36.2 Å². The van der Waals surface area contributed by atoms with E-state index in [4.69, 9.17) is 0 Å². The maximum absolute atomic E-state index is 12.0. The van der Waals surface area contributed by atoms with Gasteiger partial charge in [-0.25, -0.2) is 4.68 Å². The van der Waals surface area contributed by atoms with Crippen LogP contribution in [0, 0.1) is 0 Å². The molecule has 0 saturated heterocycles. The highest BCUT2D eigenvalue weighted by atomic mass is 16.2. The first kappa shape index (κ1) is 13.3. The lowest BCUT2D eigenvalue weighted by Crippen LogP contribution is -2.23. The van der Waals surface area contributed by atoms with Gasteiger partial charge in [-0.1, -0.05) is 19.1 Å². The number of nitrogens with zero attached hydrogens (tertiary/aromatic N) is 3. The second-order valence-corrected chi connectivity index (χ2v) is 4.84. The number of nitrogens with one attached hydrogen (secondary N) is 2. The number of hydrogen-bond donors (Lipinski definition) is 2. The number of benzene rings is 1. The van der Waals surface area contributed by atoms with Gasteiger partial charge in [0.15, 0.2) is 0 Å². The average molecular weight is 285 g/mol. The molecule has 7 nitrogen and oxygen atoms in total. The van der Waals surface area contributed by atoms with E-state index in [0.29, 0.717) is 5.95 Å². The molecule has 0 saturated carbocycles. The van der Waals surface area contributed by atoms with Crippen LogP contribution in [0.1, 0.15) is 24.9 Å². The summed E-state index contributed by atoms with van der Waals surface area (Å²) in [7, 11) is 0. The van der Waals surface area contributed by atoms with E-state index in [1.54, 1.807) is 0 Å². The van der Waals surface area contributed by atoms with E-state index in [1.165, 1.54) is 16.6 Å². The quantitative estimate of drug-likeness (QED) is 0.887. The van der Waals surface area contributed by atoms with Crippen LogP contribution in [0.25, 0.3) is 0 Å². The molecule has 0 radical (unpaired) electrons. The Labute approximate surface area is 121 Å². The van der Waals surface area contributed by atoms with E-state index in [1.807, 2.05) is 24.3 Å². The average Bonchev–Trinajstić information content (AvgIpc) is 3.03. The van der Waals surface area contributed by atoms with E-state index in [0.717, 1.165) is 12.1 Å². The van der Waals surface area contributed by atoms with Gasteiger partial charge >= 0.3 is 0 Å². The first-order chi connectivity index (χ1) is 10.2. The monoisotopic (exact) mass is 285 g/mol. The van der Waals surface area contributed by atoms with Gasteiger partial charge in [0.25, 0.3) is 5.91 Å². The molecule has 0 aliphatic carbocycles. The third-order valence-corrected chi connectivity index (χ3v) is 3.43. The molecule has 1 aliphatic rings. The van der Waals surface area contributed by atoms with Crippen LogP contribution in [0.4, 0.5) is 11.6 Å². The van der Waals surface area contributed by atoms with Crippen molar-refractivity contribution in [2.45, 2.75) is 25.8 Å². The number of fused-ring (bicyclic) bond motifs is 1. The van der Waals surface area contributed by atoms with Gasteiger partial charge in [0.1, 0.15) is 12.4 Å². The third kappa shape index (κ3) is 2.62. The van der Waals surface area contributed by atoms with Gasteiger partial charge in [-0.3, -0.25) is 14.9 Å². The second-order valence-electron chi connectivity index (χ2n) is 4.84. The summed E-state index contributed by atoms with van der Waals surface area (Å²) in [5, 5.41) is 9.32. The lowest BCUT2D eigenvalue weighted by Gasteiger charge is -2.10. The zero-order valence-corrected chi connectivity index (χ0v) is 11.5. The summed E-state index contributed by atoms with van der Waals surface area (Å²) < 4.78 is 1.43. The zero-order valence-electron chi connectivity index (χ0n) is 11.5. The molecule has 2 N–H and O–H groups in total. The zero-order chi connectivity index (χ0) is 14.8. The Kier molecular flexibility index (Phi) is 3.39. The van der Waals surface area contributed by atoms with Crippen molar-refractivity contribution in [1.29, 1.82) is 0 Å². The van der Waals surface area contributed by atoms with Crippen LogP contribution in [0.2, 0.25) is 0 Å². The summed E-state index contributed by atoms with van der Waals surface area (Å²) in [4.78, 5) is 27.7. The lowest BCUT2D eigenvalue weighted by molar-refractivity contribution is -0.123. The molecule has 1 aliphatic heterocycles. The fourth-order valence-electron chi connectivity index (χ4n) is 2.26. The molecule has 21 heavy (non-hydrogen) atoms. The molecule has 1 atom stereocenters. The van der Waals surface area contributed by atoms with Gasteiger partial charge in [0, 0.05) is 5.69 Å². The summed E-state index contributed by atoms with van der Waals surface area (Å²) >= 11 is 0. The van der Waals surface area contributed by atoms with Crippen molar-refractivity contribution in [2.24, 2.45) is 0 Å². The van der Waals surface area contributed by atoms with Crippen LogP contribution >= 0.6 is 0 Å². The largest absolute Gasteiger partial charge is 0.326 e. The van der Waals surface area contributed by atoms with Crippen molar-refractivity contribution in [1.82, 2.24) is 14.8 Å². The van der Waals surface area contributed by atoms with Crippen molar-refractivity contribution in [2.75, 3.05) is 10.6 Å². The SMILES string of the molecule is CCc1ccc(NC(=O)C[C@H]2C(=O)Nc3ncnn32)cc1. The minimum absolute atomic E-state index is 0.0255. The van der Waals surface area contributed by atoms with Gasteiger partial charge in [0.2, 0.25) is 11.9 Å². The Bertz CT molecular complexity index is 677. The number of hydrogen-bond acceptors (Lipinski definition) is 4. The van der Waals surface area contributed by atoms with Crippen LogP contribution in [0.5, 0.6) is 0 Å². The first-order valence-electron chi connectivity index (χ1n) is 6.76. The molecule has 0 bridgehead atoms. The molecule has 2 amide bonds. The van der Waals surface area contributed by atoms with Gasteiger partial charge in [-0.15, -0.1) is 0 Å². The van der Waals surface area contributed by atoms with Crippen LogP contribution in [0.15, 0.2) is 30.6 Å². The highest BCUT2D eigenvalue weighted by Crippen LogP contribution is 2.24. The maximum atomic E-state index is 12.0. The van der Waals surface area contributed by atoms with Crippen molar-refractivity contribution < 1.29 is 9.59 Å². The van der Waals surface area contributed by atoms with E-state index >= 15 is 0 Å². The molecular formula is C14H15N5O2. The van der Waals surface area contributed by atoms with E-state index in [9.17, 15) is 9.59 Å². The Morgan fingerprint density at radius 2 is 2.14 bits per heavy atom. The summed E-state index contributed by atoms with van der Waals surface area (Å²) in [6.07, 6.45) is 2.33. The van der Waals surface area contributed by atoms with Gasteiger partial charge < -0.3 is 5.32 Å². The summed E-state index contributed by atoms with van der Waals surface area (Å²) in [5.74, 6) is -0.116. The van der Waals surface area contributed by atoms with Gasteiger partial charge in [0.05, 0.1) is 6.42 Å². The lowest BCUT2D eigenvalue weighted by atomic mass is 10.1. The molecule has 0 fully saturated rings. The minimum Gasteiger partial charge on any atom is -0.326 e. The minimum atomic E-state index is -0.641. The molecule has 7 heteroatoms. The number of carbonyl (C=O) groups is 2.